The molecule has 1 aromatic carbocycles. The maximum atomic E-state index is 13.1. The molecule has 1 saturated carbocycles. The van der Waals surface area contributed by atoms with Gasteiger partial charge in [-0.25, -0.2) is 0 Å². The standard InChI is InChI=1S/C21H29N3O2/c1-22-19(25)14-23-11-9-21(10-12-23)13-18(16-5-3-2-4-6-16)20(26)24(15-21)17-7-8-17/h2-6,17-18H,7-15H2,1H3,(H,22,25)/t18-/m0/s1. The average Bonchev–Trinajstić information content (AvgIpc) is 3.51. The second kappa shape index (κ2) is 7.03. The fourth-order valence-corrected chi connectivity index (χ4v) is 4.70. The van der Waals surface area contributed by atoms with Gasteiger partial charge in [0.1, 0.15) is 0 Å². The number of likely N-dealkylation sites (N-methyl/N-ethyl adjacent to an activating group) is 1. The second-order valence-corrected chi connectivity index (χ2v) is 8.31. The molecule has 2 heterocycles. The maximum absolute atomic E-state index is 13.1. The van der Waals surface area contributed by atoms with Crippen LogP contribution in [0, 0.1) is 5.41 Å². The third-order valence-electron chi connectivity index (χ3n) is 6.48. The van der Waals surface area contributed by atoms with Gasteiger partial charge in [-0.1, -0.05) is 30.3 Å². The first-order valence-corrected chi connectivity index (χ1v) is 9.89. The molecule has 4 rings (SSSR count). The largest absolute Gasteiger partial charge is 0.358 e. The van der Waals surface area contributed by atoms with E-state index in [1.54, 1.807) is 7.05 Å². The van der Waals surface area contributed by atoms with Gasteiger partial charge in [0.2, 0.25) is 11.8 Å². The number of hydrogen-bond donors (Lipinski definition) is 1. The number of rotatable bonds is 4. The van der Waals surface area contributed by atoms with Crippen LogP contribution in [0.15, 0.2) is 30.3 Å². The molecular weight excluding hydrogens is 326 g/mol. The van der Waals surface area contributed by atoms with E-state index in [0.29, 0.717) is 18.5 Å². The fourth-order valence-electron chi connectivity index (χ4n) is 4.70. The minimum atomic E-state index is -0.00367. The number of carbonyl (C=O) groups is 2. The first kappa shape index (κ1) is 17.5. The third kappa shape index (κ3) is 3.50. The number of carbonyl (C=O) groups excluding carboxylic acids is 2. The van der Waals surface area contributed by atoms with Crippen LogP contribution in [-0.4, -0.2) is 60.9 Å². The van der Waals surface area contributed by atoms with Gasteiger partial charge in [0.25, 0.3) is 0 Å². The molecule has 0 unspecified atom stereocenters. The van der Waals surface area contributed by atoms with Gasteiger partial charge >= 0.3 is 0 Å². The molecule has 2 aliphatic heterocycles. The normalized spacial score (nSPS) is 26.1. The molecule has 1 aromatic rings. The molecule has 1 N–H and O–H groups in total. The lowest BCUT2D eigenvalue weighted by Crippen LogP contribution is -2.55. The average molecular weight is 355 g/mol. The van der Waals surface area contributed by atoms with Crippen molar-refractivity contribution in [3.05, 3.63) is 35.9 Å². The highest BCUT2D eigenvalue weighted by Gasteiger charge is 2.49. The number of likely N-dealkylation sites (tertiary alicyclic amines) is 2. The lowest BCUT2D eigenvalue weighted by atomic mass is 9.67. The number of piperidine rings is 2. The number of nitrogens with one attached hydrogen (secondary N) is 1. The van der Waals surface area contributed by atoms with Crippen molar-refractivity contribution in [1.82, 2.24) is 15.1 Å². The van der Waals surface area contributed by atoms with Crippen molar-refractivity contribution >= 4 is 11.8 Å². The molecule has 0 aromatic heterocycles. The highest BCUT2D eigenvalue weighted by atomic mass is 16.2. The van der Waals surface area contributed by atoms with Crippen LogP contribution in [0.25, 0.3) is 0 Å². The smallest absolute Gasteiger partial charge is 0.233 e. The van der Waals surface area contributed by atoms with Gasteiger partial charge in [0.05, 0.1) is 12.5 Å². The Morgan fingerprint density at radius 3 is 2.50 bits per heavy atom. The number of amides is 2. The van der Waals surface area contributed by atoms with Crippen LogP contribution in [0.3, 0.4) is 0 Å². The summed E-state index contributed by atoms with van der Waals surface area (Å²) in [5, 5.41) is 2.71. The molecule has 1 spiro atoms. The van der Waals surface area contributed by atoms with Crippen molar-refractivity contribution in [1.29, 1.82) is 0 Å². The van der Waals surface area contributed by atoms with Gasteiger partial charge in [-0.15, -0.1) is 0 Å². The predicted octanol–water partition coefficient (Wildman–Crippen LogP) is 1.99. The van der Waals surface area contributed by atoms with Gasteiger partial charge in [-0.3, -0.25) is 14.5 Å². The molecule has 5 heteroatoms. The molecule has 0 radical (unpaired) electrons. The summed E-state index contributed by atoms with van der Waals surface area (Å²) in [6.07, 6.45) is 5.42. The lowest BCUT2D eigenvalue weighted by molar-refractivity contribution is -0.142. The Hall–Kier alpha value is -1.88. The Morgan fingerprint density at radius 2 is 1.88 bits per heavy atom. The summed E-state index contributed by atoms with van der Waals surface area (Å²) in [4.78, 5) is 29.3. The summed E-state index contributed by atoms with van der Waals surface area (Å²) in [6, 6.07) is 10.8. The van der Waals surface area contributed by atoms with Crippen molar-refractivity contribution in [2.45, 2.75) is 44.1 Å². The number of hydrogen-bond acceptors (Lipinski definition) is 3. The van der Waals surface area contributed by atoms with Crippen molar-refractivity contribution in [3.63, 3.8) is 0 Å². The summed E-state index contributed by atoms with van der Waals surface area (Å²) in [7, 11) is 1.69. The van der Waals surface area contributed by atoms with E-state index in [4.69, 9.17) is 0 Å². The van der Waals surface area contributed by atoms with Gasteiger partial charge in [0, 0.05) is 19.6 Å². The summed E-state index contributed by atoms with van der Waals surface area (Å²) >= 11 is 0. The van der Waals surface area contributed by atoms with E-state index < -0.39 is 0 Å². The van der Waals surface area contributed by atoms with Crippen LogP contribution < -0.4 is 5.32 Å². The van der Waals surface area contributed by atoms with Gasteiger partial charge < -0.3 is 10.2 Å². The number of nitrogens with zero attached hydrogens (tertiary/aromatic N) is 2. The predicted molar refractivity (Wildman–Crippen MR) is 101 cm³/mol. The second-order valence-electron chi connectivity index (χ2n) is 8.31. The monoisotopic (exact) mass is 355 g/mol. The highest BCUT2D eigenvalue weighted by Crippen LogP contribution is 2.48. The molecule has 1 aliphatic carbocycles. The van der Waals surface area contributed by atoms with Crippen molar-refractivity contribution in [2.75, 3.05) is 33.2 Å². The minimum absolute atomic E-state index is 0.00367. The molecule has 0 bridgehead atoms. The van der Waals surface area contributed by atoms with Gasteiger partial charge in [-0.05, 0) is 56.2 Å². The van der Waals surface area contributed by atoms with E-state index in [9.17, 15) is 9.59 Å². The van der Waals surface area contributed by atoms with Crippen molar-refractivity contribution < 1.29 is 9.59 Å². The van der Waals surface area contributed by atoms with Gasteiger partial charge in [0.15, 0.2) is 0 Å². The van der Waals surface area contributed by atoms with Crippen LogP contribution in [0.1, 0.15) is 43.6 Å². The molecule has 2 saturated heterocycles. The van der Waals surface area contributed by atoms with E-state index in [1.807, 2.05) is 18.2 Å². The first-order chi connectivity index (χ1) is 12.6. The quantitative estimate of drug-likeness (QED) is 0.899. The Labute approximate surface area is 155 Å². The van der Waals surface area contributed by atoms with Crippen LogP contribution in [0.2, 0.25) is 0 Å². The van der Waals surface area contributed by atoms with Crippen LogP contribution in [-0.2, 0) is 9.59 Å². The molecule has 3 fully saturated rings. The summed E-state index contributed by atoms with van der Waals surface area (Å²) in [6.45, 7) is 3.29. The molecule has 140 valence electrons. The first-order valence-electron chi connectivity index (χ1n) is 9.89. The molecule has 1 atom stereocenters. The van der Waals surface area contributed by atoms with Crippen LogP contribution >= 0.6 is 0 Å². The summed E-state index contributed by atoms with van der Waals surface area (Å²) < 4.78 is 0. The van der Waals surface area contributed by atoms with Crippen LogP contribution in [0.4, 0.5) is 0 Å². The zero-order chi connectivity index (χ0) is 18.1. The Bertz CT molecular complexity index is 663. The molecule has 2 amide bonds. The van der Waals surface area contributed by atoms with Crippen LogP contribution in [0.5, 0.6) is 0 Å². The third-order valence-corrected chi connectivity index (χ3v) is 6.48. The van der Waals surface area contributed by atoms with E-state index >= 15 is 0 Å². The molecule has 3 aliphatic rings. The fraction of sp³-hybridized carbons (Fsp3) is 0.619. The topological polar surface area (TPSA) is 52.7 Å². The maximum Gasteiger partial charge on any atom is 0.233 e. The van der Waals surface area contributed by atoms with Crippen molar-refractivity contribution in [2.24, 2.45) is 5.41 Å². The molecule has 26 heavy (non-hydrogen) atoms. The van der Waals surface area contributed by atoms with Gasteiger partial charge in [-0.2, -0.15) is 0 Å². The summed E-state index contributed by atoms with van der Waals surface area (Å²) in [5.41, 5.74) is 1.37. The zero-order valence-corrected chi connectivity index (χ0v) is 15.6. The van der Waals surface area contributed by atoms with E-state index in [2.05, 4.69) is 27.2 Å². The number of benzene rings is 1. The SMILES string of the molecule is CNC(=O)CN1CCC2(CC1)C[C@@H](c1ccccc1)C(=O)N(C1CC1)C2. The molecule has 5 nitrogen and oxygen atoms in total. The van der Waals surface area contributed by atoms with Crippen molar-refractivity contribution in [3.8, 4) is 0 Å². The Kier molecular flexibility index (Phi) is 4.74. The van der Waals surface area contributed by atoms with E-state index in [-0.39, 0.29) is 17.2 Å². The lowest BCUT2D eigenvalue weighted by Gasteiger charge is -2.50. The minimum Gasteiger partial charge on any atom is -0.358 e. The summed E-state index contributed by atoms with van der Waals surface area (Å²) in [5.74, 6) is 0.412. The van der Waals surface area contributed by atoms with E-state index in [1.165, 1.54) is 0 Å². The Morgan fingerprint density at radius 1 is 1.19 bits per heavy atom. The Balaban J connectivity index is 1.51. The molecular formula is C21H29N3O2. The highest BCUT2D eigenvalue weighted by molar-refractivity contribution is 5.85. The zero-order valence-electron chi connectivity index (χ0n) is 15.6. The van der Waals surface area contributed by atoms with E-state index in [0.717, 1.165) is 57.3 Å².